The third-order valence-corrected chi connectivity index (χ3v) is 5.96. The van der Waals surface area contributed by atoms with Gasteiger partial charge in [0.25, 0.3) is 0 Å². The van der Waals surface area contributed by atoms with Crippen LogP contribution in [0.3, 0.4) is 0 Å². The van der Waals surface area contributed by atoms with Gasteiger partial charge in [-0.25, -0.2) is 0 Å². The van der Waals surface area contributed by atoms with Crippen LogP contribution in [-0.2, 0) is 0 Å². The molecule has 0 aliphatic carbocycles. The first-order chi connectivity index (χ1) is 9.90. The number of carbonyl (C=O) groups excluding carboxylic acids is 1. The molecule has 2 aromatic rings. The molecule has 0 heterocycles. The first-order valence-electron chi connectivity index (χ1n) is 5.99. The number of rotatable bonds is 4. The average molecular weight is 451 g/mol. The van der Waals surface area contributed by atoms with Gasteiger partial charge in [0.15, 0.2) is 5.78 Å². The van der Waals surface area contributed by atoms with Crippen LogP contribution in [0.25, 0.3) is 0 Å². The Morgan fingerprint density at radius 2 is 1.90 bits per heavy atom. The van der Waals surface area contributed by atoms with Gasteiger partial charge in [0.1, 0.15) is 5.75 Å². The van der Waals surface area contributed by atoms with Gasteiger partial charge < -0.3 is 5.11 Å². The Kier molecular flexibility index (Phi) is 5.77. The molecule has 0 aliphatic heterocycles. The van der Waals surface area contributed by atoms with Gasteiger partial charge in [0.05, 0.1) is 15.8 Å². The maximum atomic E-state index is 12.3. The summed E-state index contributed by atoms with van der Waals surface area (Å²) in [4.78, 5) is 13.2. The van der Waals surface area contributed by atoms with E-state index in [0.717, 1.165) is 14.9 Å². The van der Waals surface area contributed by atoms with Crippen LogP contribution in [0.15, 0.2) is 44.2 Å². The van der Waals surface area contributed by atoms with Crippen molar-refractivity contribution < 1.29 is 9.90 Å². The van der Waals surface area contributed by atoms with Gasteiger partial charge in [0.2, 0.25) is 0 Å². The van der Waals surface area contributed by atoms with Gasteiger partial charge in [-0.15, -0.1) is 11.8 Å². The normalized spacial score (nSPS) is 10.7. The molecule has 0 radical (unpaired) electrons. The third-order valence-electron chi connectivity index (χ3n) is 2.91. The molecule has 6 heteroatoms. The fraction of sp³-hybridized carbons (Fsp3) is 0.133. The van der Waals surface area contributed by atoms with E-state index in [9.17, 15) is 9.90 Å². The van der Waals surface area contributed by atoms with Crippen LogP contribution < -0.4 is 0 Å². The lowest BCUT2D eigenvalue weighted by Crippen LogP contribution is -2.04. The number of benzene rings is 2. The summed E-state index contributed by atoms with van der Waals surface area (Å²) in [5, 5.41) is 10.8. The zero-order chi connectivity index (χ0) is 15.6. The Labute approximate surface area is 149 Å². The minimum Gasteiger partial charge on any atom is -0.506 e. The molecule has 110 valence electrons. The molecule has 0 atom stereocenters. The predicted molar refractivity (Wildman–Crippen MR) is 94.8 cm³/mol. The summed E-state index contributed by atoms with van der Waals surface area (Å²) in [6, 6.07) is 8.94. The molecule has 0 aliphatic rings. The van der Waals surface area contributed by atoms with E-state index >= 15 is 0 Å². The number of aromatic hydroxyl groups is 1. The number of phenols is 1. The van der Waals surface area contributed by atoms with Crippen molar-refractivity contribution in [2.24, 2.45) is 0 Å². The zero-order valence-corrected chi connectivity index (χ0v) is 15.7. The molecule has 2 nitrogen and oxygen atoms in total. The minimum absolute atomic E-state index is 0.0163. The summed E-state index contributed by atoms with van der Waals surface area (Å²) in [5.41, 5.74) is 1.16. The average Bonchev–Trinajstić information content (AvgIpc) is 2.48. The van der Waals surface area contributed by atoms with Crippen molar-refractivity contribution in [1.29, 1.82) is 0 Å². The molecule has 2 aromatic carbocycles. The highest BCUT2D eigenvalue weighted by atomic mass is 79.9. The highest BCUT2D eigenvalue weighted by molar-refractivity contribution is 9.11. The van der Waals surface area contributed by atoms with Crippen molar-refractivity contribution in [2.45, 2.75) is 11.8 Å². The first-order valence-corrected chi connectivity index (χ1v) is 8.94. The Morgan fingerprint density at radius 3 is 2.52 bits per heavy atom. The molecule has 1 N–H and O–H groups in total. The van der Waals surface area contributed by atoms with Crippen molar-refractivity contribution in [3.63, 3.8) is 0 Å². The summed E-state index contributed by atoms with van der Waals surface area (Å²) in [7, 11) is 0. The number of Topliss-reactive ketones (excluding diaryl/α,β-unsaturated/α-hetero) is 1. The van der Waals surface area contributed by atoms with Crippen LogP contribution in [0.2, 0.25) is 5.02 Å². The molecular weight excluding hydrogens is 439 g/mol. The largest absolute Gasteiger partial charge is 0.506 e. The van der Waals surface area contributed by atoms with Crippen LogP contribution in [0, 0.1) is 6.92 Å². The lowest BCUT2D eigenvalue weighted by molar-refractivity contribution is 0.102. The molecule has 0 bridgehead atoms. The highest BCUT2D eigenvalue weighted by Gasteiger charge is 2.17. The second-order valence-electron chi connectivity index (χ2n) is 4.36. The highest BCUT2D eigenvalue weighted by Crippen LogP contribution is 2.36. The van der Waals surface area contributed by atoms with Crippen LogP contribution in [0.5, 0.6) is 5.75 Å². The van der Waals surface area contributed by atoms with Crippen LogP contribution >= 0.6 is 55.2 Å². The first kappa shape index (κ1) is 16.9. The van der Waals surface area contributed by atoms with Crippen molar-refractivity contribution in [3.8, 4) is 5.75 Å². The molecule has 0 spiro atoms. The minimum atomic E-state index is -0.131. The number of halogens is 3. The number of ketones is 1. The summed E-state index contributed by atoms with van der Waals surface area (Å²) in [6.07, 6.45) is 0. The topological polar surface area (TPSA) is 37.3 Å². The molecular formula is C15H11Br2ClO2S. The molecule has 0 amide bonds. The monoisotopic (exact) mass is 448 g/mol. The Bertz CT molecular complexity index is 687. The number of carbonyl (C=O) groups is 1. The summed E-state index contributed by atoms with van der Waals surface area (Å²) >= 11 is 13.9. The van der Waals surface area contributed by atoms with Crippen molar-refractivity contribution in [3.05, 3.63) is 55.4 Å². The standard InChI is InChI=1S/C15H11Br2ClO2S/c1-8-12(16)6-11(15(20)14(8)17)13(19)7-21-10-4-2-9(18)3-5-10/h2-6,20H,7H2,1H3. The van der Waals surface area contributed by atoms with E-state index in [1.165, 1.54) is 11.8 Å². The van der Waals surface area contributed by atoms with Crippen molar-refractivity contribution >= 4 is 61.0 Å². The predicted octanol–water partition coefficient (Wildman–Crippen LogP) is 5.85. The molecule has 0 unspecified atom stereocenters. The van der Waals surface area contributed by atoms with E-state index in [1.807, 2.05) is 19.1 Å². The lowest BCUT2D eigenvalue weighted by atomic mass is 10.1. The quantitative estimate of drug-likeness (QED) is 0.469. The van der Waals surface area contributed by atoms with Crippen LogP contribution in [0.4, 0.5) is 0 Å². The van der Waals surface area contributed by atoms with Crippen molar-refractivity contribution in [2.75, 3.05) is 5.75 Å². The van der Waals surface area contributed by atoms with Gasteiger partial charge in [-0.05, 0) is 58.7 Å². The lowest BCUT2D eigenvalue weighted by Gasteiger charge is -2.10. The van der Waals surface area contributed by atoms with E-state index in [2.05, 4.69) is 31.9 Å². The zero-order valence-electron chi connectivity index (χ0n) is 11.0. The molecule has 21 heavy (non-hydrogen) atoms. The van der Waals surface area contributed by atoms with Gasteiger partial charge in [0, 0.05) is 14.4 Å². The Balaban J connectivity index is 2.16. The van der Waals surface area contributed by atoms with E-state index in [0.29, 0.717) is 15.1 Å². The molecule has 0 aromatic heterocycles. The fourth-order valence-electron chi connectivity index (χ4n) is 1.67. The number of thioether (sulfide) groups is 1. The molecule has 0 fully saturated rings. The molecule has 0 saturated carbocycles. The van der Waals surface area contributed by atoms with Gasteiger partial charge in [-0.1, -0.05) is 27.5 Å². The van der Waals surface area contributed by atoms with Gasteiger partial charge in [-0.3, -0.25) is 4.79 Å². The van der Waals surface area contributed by atoms with Crippen LogP contribution in [-0.4, -0.2) is 16.6 Å². The van der Waals surface area contributed by atoms with E-state index in [-0.39, 0.29) is 17.3 Å². The smallest absolute Gasteiger partial charge is 0.176 e. The number of hydrogen-bond donors (Lipinski definition) is 1. The maximum absolute atomic E-state index is 12.3. The third kappa shape index (κ3) is 4.03. The SMILES string of the molecule is Cc1c(Br)cc(C(=O)CSc2ccc(Cl)cc2)c(O)c1Br. The summed E-state index contributed by atoms with van der Waals surface area (Å²) in [5.74, 6) is 0.100. The Hall–Kier alpha value is -0.490. The summed E-state index contributed by atoms with van der Waals surface area (Å²) in [6.45, 7) is 1.85. The van der Waals surface area contributed by atoms with E-state index in [1.54, 1.807) is 18.2 Å². The fourth-order valence-corrected chi connectivity index (χ4v) is 3.70. The number of hydrogen-bond acceptors (Lipinski definition) is 3. The van der Waals surface area contributed by atoms with E-state index < -0.39 is 0 Å². The van der Waals surface area contributed by atoms with Crippen molar-refractivity contribution in [1.82, 2.24) is 0 Å². The second-order valence-corrected chi connectivity index (χ2v) is 7.49. The molecule has 2 rings (SSSR count). The van der Waals surface area contributed by atoms with Crippen LogP contribution in [0.1, 0.15) is 15.9 Å². The van der Waals surface area contributed by atoms with Gasteiger partial charge in [-0.2, -0.15) is 0 Å². The van der Waals surface area contributed by atoms with E-state index in [4.69, 9.17) is 11.6 Å². The second kappa shape index (κ2) is 7.18. The van der Waals surface area contributed by atoms with Gasteiger partial charge >= 0.3 is 0 Å². The molecule has 0 saturated heterocycles. The maximum Gasteiger partial charge on any atom is 0.176 e. The Morgan fingerprint density at radius 1 is 1.29 bits per heavy atom. The summed E-state index contributed by atoms with van der Waals surface area (Å²) < 4.78 is 1.32. The number of phenolic OH excluding ortho intramolecular Hbond substituents is 1.